The van der Waals surface area contributed by atoms with Gasteiger partial charge in [-0.2, -0.15) is 0 Å². The molecule has 0 aliphatic heterocycles. The number of benzene rings is 1. The van der Waals surface area contributed by atoms with Crippen LogP contribution in [0.2, 0.25) is 0 Å². The number of nitrogens with two attached hydrogens (primary N) is 1. The summed E-state index contributed by atoms with van der Waals surface area (Å²) in [5.74, 6) is -0.239. The van der Waals surface area contributed by atoms with Gasteiger partial charge >= 0.3 is 0 Å². The van der Waals surface area contributed by atoms with Gasteiger partial charge in [-0.1, -0.05) is 38.7 Å². The molecule has 0 fully saturated rings. The molecular weight excluding hydrogens is 241 g/mol. The highest BCUT2D eigenvalue weighted by Crippen LogP contribution is 2.13. The summed E-state index contributed by atoms with van der Waals surface area (Å²) in [7, 11) is 0. The van der Waals surface area contributed by atoms with E-state index in [1.807, 2.05) is 6.07 Å². The van der Waals surface area contributed by atoms with Crippen molar-refractivity contribution in [3.05, 3.63) is 35.1 Å². The number of ether oxygens (including phenoxy) is 1. The van der Waals surface area contributed by atoms with Gasteiger partial charge in [0, 0.05) is 6.54 Å². The highest BCUT2D eigenvalue weighted by Gasteiger charge is 2.05. The lowest BCUT2D eigenvalue weighted by Gasteiger charge is -2.13. The molecule has 0 saturated carbocycles. The van der Waals surface area contributed by atoms with Gasteiger partial charge in [0.2, 0.25) is 0 Å². The molecule has 2 nitrogen and oxygen atoms in total. The average Bonchev–Trinajstić information content (AvgIpc) is 2.40. The van der Waals surface area contributed by atoms with Crippen molar-refractivity contribution in [1.29, 1.82) is 0 Å². The first-order chi connectivity index (χ1) is 9.15. The minimum Gasteiger partial charge on any atom is -0.374 e. The van der Waals surface area contributed by atoms with Gasteiger partial charge in [0.15, 0.2) is 0 Å². The Labute approximate surface area is 116 Å². The highest BCUT2D eigenvalue weighted by atomic mass is 19.1. The minimum absolute atomic E-state index is 0.224. The molecule has 19 heavy (non-hydrogen) atoms. The summed E-state index contributed by atoms with van der Waals surface area (Å²) in [6.45, 7) is 5.10. The summed E-state index contributed by atoms with van der Waals surface area (Å²) in [6, 6.07) is 4.90. The molecule has 0 amide bonds. The van der Waals surface area contributed by atoms with Crippen LogP contribution < -0.4 is 5.73 Å². The predicted octanol–water partition coefficient (Wildman–Crippen LogP) is 4.16. The molecule has 3 heteroatoms. The van der Waals surface area contributed by atoms with E-state index in [0.29, 0.717) is 13.2 Å². The monoisotopic (exact) mass is 267 g/mol. The minimum atomic E-state index is -0.239. The predicted molar refractivity (Wildman–Crippen MR) is 77.3 cm³/mol. The van der Waals surface area contributed by atoms with Crippen LogP contribution in [0, 0.1) is 5.82 Å². The van der Waals surface area contributed by atoms with Gasteiger partial charge in [-0.05, 0) is 36.6 Å². The van der Waals surface area contributed by atoms with Crippen LogP contribution in [0.5, 0.6) is 0 Å². The third-order valence-corrected chi connectivity index (χ3v) is 3.25. The van der Waals surface area contributed by atoms with Crippen LogP contribution in [0.4, 0.5) is 4.39 Å². The Morgan fingerprint density at radius 2 is 1.89 bits per heavy atom. The maximum atomic E-state index is 13.3. The molecule has 0 saturated heterocycles. The summed E-state index contributed by atoms with van der Waals surface area (Å²) in [4.78, 5) is 0. The van der Waals surface area contributed by atoms with E-state index < -0.39 is 0 Å². The molecule has 2 N–H and O–H groups in total. The summed E-state index contributed by atoms with van der Waals surface area (Å²) in [5.41, 5.74) is 7.21. The van der Waals surface area contributed by atoms with Crippen molar-refractivity contribution in [2.75, 3.05) is 0 Å². The fraction of sp³-hybridized carbons (Fsp3) is 0.625. The van der Waals surface area contributed by atoms with E-state index in [2.05, 4.69) is 13.8 Å². The van der Waals surface area contributed by atoms with Crippen LogP contribution in [0.1, 0.15) is 57.1 Å². The van der Waals surface area contributed by atoms with E-state index >= 15 is 0 Å². The first-order valence-corrected chi connectivity index (χ1v) is 7.25. The zero-order valence-corrected chi connectivity index (χ0v) is 12.1. The third-order valence-electron chi connectivity index (χ3n) is 3.25. The maximum Gasteiger partial charge on any atom is 0.123 e. The molecule has 1 atom stereocenters. The highest BCUT2D eigenvalue weighted by molar-refractivity contribution is 5.24. The van der Waals surface area contributed by atoms with Crippen LogP contribution in [-0.4, -0.2) is 6.10 Å². The first kappa shape index (κ1) is 16.1. The van der Waals surface area contributed by atoms with Gasteiger partial charge in [0.1, 0.15) is 5.82 Å². The van der Waals surface area contributed by atoms with Gasteiger partial charge in [0.05, 0.1) is 12.7 Å². The number of hydrogen-bond acceptors (Lipinski definition) is 2. The SMILES string of the molecule is CCCCCCC(C)OCc1cc(F)cc(CN)c1. The first-order valence-electron chi connectivity index (χ1n) is 7.25. The Kier molecular flexibility index (Phi) is 7.68. The van der Waals surface area contributed by atoms with Crippen LogP contribution in [0.15, 0.2) is 18.2 Å². The van der Waals surface area contributed by atoms with Crippen LogP contribution in [0.25, 0.3) is 0 Å². The van der Waals surface area contributed by atoms with Crippen molar-refractivity contribution in [1.82, 2.24) is 0 Å². The molecular formula is C16H26FNO. The lowest BCUT2D eigenvalue weighted by molar-refractivity contribution is 0.0457. The van der Waals surface area contributed by atoms with E-state index in [4.69, 9.17) is 10.5 Å². The Hall–Kier alpha value is -0.930. The summed E-state index contributed by atoms with van der Waals surface area (Å²) >= 11 is 0. The maximum absolute atomic E-state index is 13.3. The van der Waals surface area contributed by atoms with Crippen molar-refractivity contribution in [2.24, 2.45) is 5.73 Å². The molecule has 1 aromatic carbocycles. The molecule has 0 radical (unpaired) electrons. The smallest absolute Gasteiger partial charge is 0.123 e. The normalized spacial score (nSPS) is 12.6. The molecule has 108 valence electrons. The van der Waals surface area contributed by atoms with E-state index in [1.165, 1.54) is 37.8 Å². The van der Waals surface area contributed by atoms with Crippen LogP contribution >= 0.6 is 0 Å². The van der Waals surface area contributed by atoms with Crippen molar-refractivity contribution >= 4 is 0 Å². The van der Waals surface area contributed by atoms with Crippen molar-refractivity contribution < 1.29 is 9.13 Å². The van der Waals surface area contributed by atoms with Gasteiger partial charge in [0.25, 0.3) is 0 Å². The summed E-state index contributed by atoms with van der Waals surface area (Å²) in [5, 5.41) is 0. The van der Waals surface area contributed by atoms with Crippen LogP contribution in [-0.2, 0) is 17.9 Å². The van der Waals surface area contributed by atoms with E-state index in [-0.39, 0.29) is 11.9 Å². The Morgan fingerprint density at radius 1 is 1.16 bits per heavy atom. The standard InChI is InChI=1S/C16H26FNO/c1-3-4-5-6-7-13(2)19-12-15-8-14(11-18)9-16(17)10-15/h8-10,13H,3-7,11-12,18H2,1-2H3. The second-order valence-corrected chi connectivity index (χ2v) is 5.14. The lowest BCUT2D eigenvalue weighted by Crippen LogP contribution is -2.08. The number of rotatable bonds is 9. The molecule has 1 rings (SSSR count). The van der Waals surface area contributed by atoms with Crippen LogP contribution in [0.3, 0.4) is 0 Å². The average molecular weight is 267 g/mol. The van der Waals surface area contributed by atoms with Gasteiger partial charge in [-0.3, -0.25) is 0 Å². The quantitative estimate of drug-likeness (QED) is 0.682. The fourth-order valence-electron chi connectivity index (χ4n) is 2.10. The fourth-order valence-corrected chi connectivity index (χ4v) is 2.10. The van der Waals surface area contributed by atoms with Crippen molar-refractivity contribution in [2.45, 2.75) is 65.2 Å². The van der Waals surface area contributed by atoms with E-state index in [1.54, 1.807) is 0 Å². The van der Waals surface area contributed by atoms with Gasteiger partial charge < -0.3 is 10.5 Å². The molecule has 1 unspecified atom stereocenters. The topological polar surface area (TPSA) is 35.2 Å². The molecule has 0 aromatic heterocycles. The molecule has 0 aliphatic rings. The second kappa shape index (κ2) is 9.05. The number of unbranched alkanes of at least 4 members (excludes halogenated alkanes) is 3. The number of halogens is 1. The Bertz CT molecular complexity index is 368. The summed E-state index contributed by atoms with van der Waals surface area (Å²) < 4.78 is 19.1. The lowest BCUT2D eigenvalue weighted by atomic mass is 10.1. The molecule has 1 aromatic rings. The largest absolute Gasteiger partial charge is 0.374 e. The molecule has 0 aliphatic carbocycles. The van der Waals surface area contributed by atoms with E-state index in [0.717, 1.165) is 17.5 Å². The third kappa shape index (κ3) is 6.69. The number of hydrogen-bond donors (Lipinski definition) is 1. The second-order valence-electron chi connectivity index (χ2n) is 5.14. The molecule has 0 heterocycles. The zero-order valence-electron chi connectivity index (χ0n) is 12.1. The van der Waals surface area contributed by atoms with E-state index in [9.17, 15) is 4.39 Å². The van der Waals surface area contributed by atoms with Crippen molar-refractivity contribution in [3.63, 3.8) is 0 Å². The Balaban J connectivity index is 2.33. The summed E-state index contributed by atoms with van der Waals surface area (Å²) in [6.07, 6.45) is 6.30. The van der Waals surface area contributed by atoms with Gasteiger partial charge in [-0.15, -0.1) is 0 Å². The van der Waals surface area contributed by atoms with Crippen molar-refractivity contribution in [3.8, 4) is 0 Å². The molecule has 0 spiro atoms. The zero-order chi connectivity index (χ0) is 14.1. The molecule has 0 bridgehead atoms. The Morgan fingerprint density at radius 3 is 2.58 bits per heavy atom. The van der Waals surface area contributed by atoms with Gasteiger partial charge in [-0.25, -0.2) is 4.39 Å².